The monoisotopic (exact) mass is 303 g/mol. The highest BCUT2D eigenvalue weighted by molar-refractivity contribution is 5.80. The highest BCUT2D eigenvalue weighted by atomic mass is 16.4. The number of carboxylic acid groups (broad SMARTS) is 1. The summed E-state index contributed by atoms with van der Waals surface area (Å²) in [7, 11) is 0. The third-order valence-electron chi connectivity index (χ3n) is 4.49. The summed E-state index contributed by atoms with van der Waals surface area (Å²) in [6, 6.07) is 10.00. The van der Waals surface area contributed by atoms with E-state index in [0.29, 0.717) is 12.8 Å². The number of carbonyl (C=O) groups is 2. The summed E-state index contributed by atoms with van der Waals surface area (Å²) in [6.07, 6.45) is 4.65. The van der Waals surface area contributed by atoms with Crippen LogP contribution in [0.15, 0.2) is 30.3 Å². The number of benzene rings is 1. The van der Waals surface area contributed by atoms with Gasteiger partial charge in [-0.1, -0.05) is 50.1 Å². The van der Waals surface area contributed by atoms with Gasteiger partial charge >= 0.3 is 5.97 Å². The lowest BCUT2D eigenvalue weighted by molar-refractivity contribution is -0.144. The van der Waals surface area contributed by atoms with Crippen molar-refractivity contribution in [3.05, 3.63) is 35.9 Å². The van der Waals surface area contributed by atoms with Gasteiger partial charge in [0.15, 0.2) is 0 Å². The smallest absolute Gasteiger partial charge is 0.306 e. The van der Waals surface area contributed by atoms with E-state index in [2.05, 4.69) is 12.2 Å². The van der Waals surface area contributed by atoms with Crippen LogP contribution in [0.5, 0.6) is 0 Å². The highest BCUT2D eigenvalue weighted by Crippen LogP contribution is 2.30. The molecule has 4 heteroatoms. The molecule has 1 aromatic rings. The summed E-state index contributed by atoms with van der Waals surface area (Å²) in [6.45, 7) is 2.10. The van der Waals surface area contributed by atoms with Crippen molar-refractivity contribution in [1.29, 1.82) is 0 Å². The predicted octanol–water partition coefficient (Wildman–Crippen LogP) is 3.54. The van der Waals surface area contributed by atoms with Crippen LogP contribution in [0.3, 0.4) is 0 Å². The summed E-state index contributed by atoms with van der Waals surface area (Å²) in [4.78, 5) is 23.7. The molecule has 0 aliphatic heterocycles. The molecule has 0 saturated heterocycles. The van der Waals surface area contributed by atoms with Crippen molar-refractivity contribution in [2.75, 3.05) is 0 Å². The minimum absolute atomic E-state index is 0.00764. The standard InChI is InChI=1S/C18H25NO3/c1-2-7-16(13-8-4-3-5-9-13)19-17(20)14-10-6-11-15(12-14)18(21)22/h3-5,8-9,14-16H,2,6-7,10-12H2,1H3,(H,19,20)(H,21,22). The van der Waals surface area contributed by atoms with Crippen LogP contribution in [0.4, 0.5) is 0 Å². The lowest BCUT2D eigenvalue weighted by Gasteiger charge is -2.28. The Morgan fingerprint density at radius 3 is 2.55 bits per heavy atom. The van der Waals surface area contributed by atoms with Gasteiger partial charge in [-0.05, 0) is 31.2 Å². The lowest BCUT2D eigenvalue weighted by Crippen LogP contribution is -2.37. The van der Waals surface area contributed by atoms with Crippen LogP contribution in [0.2, 0.25) is 0 Å². The molecule has 1 amide bonds. The normalized spacial score (nSPS) is 22.8. The second kappa shape index (κ2) is 7.97. The zero-order valence-corrected chi connectivity index (χ0v) is 13.1. The Bertz CT molecular complexity index is 500. The number of carboxylic acids is 1. The number of nitrogens with one attached hydrogen (secondary N) is 1. The average molecular weight is 303 g/mol. The zero-order valence-electron chi connectivity index (χ0n) is 13.1. The number of hydrogen-bond acceptors (Lipinski definition) is 2. The molecule has 4 nitrogen and oxygen atoms in total. The number of aliphatic carboxylic acids is 1. The van der Waals surface area contributed by atoms with Gasteiger partial charge in [0.25, 0.3) is 0 Å². The van der Waals surface area contributed by atoms with Crippen LogP contribution in [0.25, 0.3) is 0 Å². The van der Waals surface area contributed by atoms with E-state index in [1.54, 1.807) is 0 Å². The van der Waals surface area contributed by atoms with Gasteiger partial charge in [0.2, 0.25) is 5.91 Å². The molecule has 2 N–H and O–H groups in total. The Morgan fingerprint density at radius 1 is 1.23 bits per heavy atom. The number of amides is 1. The molecular formula is C18H25NO3. The van der Waals surface area contributed by atoms with Crippen LogP contribution >= 0.6 is 0 Å². The maximum Gasteiger partial charge on any atom is 0.306 e. The van der Waals surface area contributed by atoms with Crippen LogP contribution in [-0.2, 0) is 9.59 Å². The van der Waals surface area contributed by atoms with E-state index in [0.717, 1.165) is 31.2 Å². The molecule has 1 saturated carbocycles. The molecular weight excluding hydrogens is 278 g/mol. The lowest BCUT2D eigenvalue weighted by atomic mass is 9.81. The topological polar surface area (TPSA) is 66.4 Å². The molecule has 3 atom stereocenters. The Hall–Kier alpha value is -1.84. The second-order valence-electron chi connectivity index (χ2n) is 6.16. The van der Waals surface area contributed by atoms with Crippen molar-refractivity contribution >= 4 is 11.9 Å². The Balaban J connectivity index is 2.00. The van der Waals surface area contributed by atoms with Crippen molar-refractivity contribution in [3.8, 4) is 0 Å². The fourth-order valence-corrected chi connectivity index (χ4v) is 3.24. The summed E-state index contributed by atoms with van der Waals surface area (Å²) >= 11 is 0. The third kappa shape index (κ3) is 4.33. The zero-order chi connectivity index (χ0) is 15.9. The summed E-state index contributed by atoms with van der Waals surface area (Å²) in [5.74, 6) is -1.30. The van der Waals surface area contributed by atoms with Gasteiger partial charge in [0.05, 0.1) is 12.0 Å². The molecule has 2 rings (SSSR count). The summed E-state index contributed by atoms with van der Waals surface area (Å²) in [5.41, 5.74) is 1.11. The molecule has 1 aliphatic rings. The predicted molar refractivity (Wildman–Crippen MR) is 85.3 cm³/mol. The quantitative estimate of drug-likeness (QED) is 0.844. The number of hydrogen-bond donors (Lipinski definition) is 2. The molecule has 0 heterocycles. The van der Waals surface area contributed by atoms with Crippen molar-refractivity contribution in [2.45, 2.75) is 51.5 Å². The van der Waals surface area contributed by atoms with E-state index in [4.69, 9.17) is 5.11 Å². The maximum atomic E-state index is 12.5. The SMILES string of the molecule is CCCC(NC(=O)C1CCCC(C(=O)O)C1)c1ccccc1. The molecule has 22 heavy (non-hydrogen) atoms. The third-order valence-corrected chi connectivity index (χ3v) is 4.49. The maximum absolute atomic E-state index is 12.5. The van der Waals surface area contributed by atoms with Gasteiger partial charge in [-0.15, -0.1) is 0 Å². The van der Waals surface area contributed by atoms with Crippen molar-refractivity contribution in [3.63, 3.8) is 0 Å². The fourth-order valence-electron chi connectivity index (χ4n) is 3.24. The first-order valence-corrected chi connectivity index (χ1v) is 8.20. The molecule has 3 unspecified atom stereocenters. The Kier molecular flexibility index (Phi) is 5.99. The van der Waals surface area contributed by atoms with Gasteiger partial charge in [0, 0.05) is 5.92 Å². The average Bonchev–Trinajstić information content (AvgIpc) is 2.55. The number of rotatable bonds is 6. The first-order valence-electron chi connectivity index (χ1n) is 8.20. The molecule has 0 bridgehead atoms. The first-order chi connectivity index (χ1) is 10.6. The van der Waals surface area contributed by atoms with Crippen LogP contribution in [0, 0.1) is 11.8 Å². The molecule has 0 radical (unpaired) electrons. The molecule has 1 fully saturated rings. The van der Waals surface area contributed by atoms with Crippen LogP contribution in [-0.4, -0.2) is 17.0 Å². The van der Waals surface area contributed by atoms with Gasteiger partial charge in [0.1, 0.15) is 0 Å². The first kappa shape index (κ1) is 16.5. The fraction of sp³-hybridized carbons (Fsp3) is 0.556. The summed E-state index contributed by atoms with van der Waals surface area (Å²) in [5, 5.41) is 12.3. The van der Waals surface area contributed by atoms with Gasteiger partial charge < -0.3 is 10.4 Å². The molecule has 0 aromatic heterocycles. The Morgan fingerprint density at radius 2 is 1.91 bits per heavy atom. The van der Waals surface area contributed by atoms with E-state index >= 15 is 0 Å². The van der Waals surface area contributed by atoms with E-state index in [-0.39, 0.29) is 23.8 Å². The van der Waals surface area contributed by atoms with E-state index in [9.17, 15) is 9.59 Å². The van der Waals surface area contributed by atoms with E-state index < -0.39 is 5.97 Å². The largest absolute Gasteiger partial charge is 0.481 e. The molecule has 1 aromatic carbocycles. The van der Waals surface area contributed by atoms with Crippen molar-refractivity contribution < 1.29 is 14.7 Å². The van der Waals surface area contributed by atoms with Crippen molar-refractivity contribution in [2.24, 2.45) is 11.8 Å². The minimum atomic E-state index is -0.773. The molecule has 0 spiro atoms. The van der Waals surface area contributed by atoms with E-state index in [1.807, 2.05) is 30.3 Å². The van der Waals surface area contributed by atoms with Gasteiger partial charge in [-0.2, -0.15) is 0 Å². The molecule has 1 aliphatic carbocycles. The minimum Gasteiger partial charge on any atom is -0.481 e. The highest BCUT2D eigenvalue weighted by Gasteiger charge is 2.31. The van der Waals surface area contributed by atoms with Crippen LogP contribution in [0.1, 0.15) is 57.1 Å². The van der Waals surface area contributed by atoms with Gasteiger partial charge in [-0.25, -0.2) is 0 Å². The number of carbonyl (C=O) groups excluding carboxylic acids is 1. The molecule has 120 valence electrons. The van der Waals surface area contributed by atoms with Crippen molar-refractivity contribution in [1.82, 2.24) is 5.32 Å². The summed E-state index contributed by atoms with van der Waals surface area (Å²) < 4.78 is 0. The Labute approximate surface area is 131 Å². The van der Waals surface area contributed by atoms with Gasteiger partial charge in [-0.3, -0.25) is 9.59 Å². The van der Waals surface area contributed by atoms with E-state index in [1.165, 1.54) is 0 Å². The second-order valence-corrected chi connectivity index (χ2v) is 6.16. The van der Waals surface area contributed by atoms with Crippen LogP contribution < -0.4 is 5.32 Å².